The second-order valence-electron chi connectivity index (χ2n) is 5.01. The lowest BCUT2D eigenvalue weighted by atomic mass is 10.0. The molecule has 116 valence electrons. The maximum Gasteiger partial charge on any atom is 0.273 e. The number of aryl methyl sites for hydroxylation is 1. The van der Waals surface area contributed by atoms with Crippen molar-refractivity contribution in [3.8, 4) is 0 Å². The van der Waals surface area contributed by atoms with Crippen LogP contribution in [0.3, 0.4) is 0 Å². The monoisotopic (exact) mass is 319 g/mol. The molecule has 2 aromatic rings. The number of carbonyl (C=O) groups excluding carboxylic acids is 1. The maximum atomic E-state index is 12.7. The number of aromatic nitrogens is 4. The molecule has 0 aromatic carbocycles. The highest BCUT2D eigenvalue weighted by atomic mass is 32.1. The first-order valence-corrected chi connectivity index (χ1v) is 7.93. The van der Waals surface area contributed by atoms with Crippen molar-refractivity contribution in [1.82, 2.24) is 24.9 Å². The van der Waals surface area contributed by atoms with Crippen molar-refractivity contribution in [2.24, 2.45) is 7.05 Å². The van der Waals surface area contributed by atoms with E-state index in [0.717, 1.165) is 17.8 Å². The number of amides is 1. The van der Waals surface area contributed by atoms with Crippen LogP contribution in [0.2, 0.25) is 0 Å². The zero-order valence-corrected chi connectivity index (χ0v) is 13.1. The molecule has 0 bridgehead atoms. The number of carbonyl (C=O) groups is 1. The zero-order chi connectivity index (χ0) is 15.5. The largest absolute Gasteiger partial charge is 0.375 e. The summed E-state index contributed by atoms with van der Waals surface area (Å²) < 4.78 is 7.34. The normalized spacial score (nSPS) is 17.3. The van der Waals surface area contributed by atoms with Crippen LogP contribution in [-0.4, -0.2) is 50.5 Å². The molecule has 0 aliphatic carbocycles. The van der Waals surface area contributed by atoms with Gasteiger partial charge < -0.3 is 9.64 Å². The lowest BCUT2D eigenvalue weighted by Crippen LogP contribution is -2.42. The Bertz CT molecular complexity index is 667. The summed E-state index contributed by atoms with van der Waals surface area (Å²) in [6.07, 6.45) is 2.42. The van der Waals surface area contributed by atoms with E-state index in [1.165, 1.54) is 11.3 Å². The molecule has 0 saturated carbocycles. The van der Waals surface area contributed by atoms with Crippen molar-refractivity contribution in [3.63, 3.8) is 0 Å². The van der Waals surface area contributed by atoms with Gasteiger partial charge >= 0.3 is 0 Å². The lowest BCUT2D eigenvalue weighted by Gasteiger charge is -2.34. The van der Waals surface area contributed by atoms with Gasteiger partial charge in [-0.1, -0.05) is 11.3 Å². The van der Waals surface area contributed by atoms with Crippen molar-refractivity contribution >= 4 is 17.2 Å². The molecule has 1 atom stereocenters. The van der Waals surface area contributed by atoms with E-state index in [2.05, 4.69) is 21.9 Å². The molecule has 0 spiro atoms. The predicted octanol–water partition coefficient (Wildman–Crippen LogP) is 1.21. The van der Waals surface area contributed by atoms with Gasteiger partial charge in [-0.25, -0.2) is 4.98 Å². The Labute approximate surface area is 132 Å². The third-order valence-electron chi connectivity index (χ3n) is 3.68. The number of hydrogen-bond donors (Lipinski definition) is 0. The summed E-state index contributed by atoms with van der Waals surface area (Å²) in [5.74, 6) is -0.0928. The standard InChI is InChI=1S/C14H17N5O2S/c1-3-6-21-7-12-13-11(18(2)17-16-13)4-5-19(12)14(20)10-8-22-9-15-10/h3,8-9,12H,1,4-7H2,2H3/t12-/m0/s1. The maximum absolute atomic E-state index is 12.7. The number of fused-ring (bicyclic) bond motifs is 1. The lowest BCUT2D eigenvalue weighted by molar-refractivity contribution is 0.0433. The van der Waals surface area contributed by atoms with Crippen LogP contribution in [0.5, 0.6) is 0 Å². The fourth-order valence-corrected chi connectivity index (χ4v) is 3.14. The summed E-state index contributed by atoms with van der Waals surface area (Å²) in [7, 11) is 1.87. The van der Waals surface area contributed by atoms with E-state index in [4.69, 9.17) is 4.74 Å². The highest BCUT2D eigenvalue weighted by molar-refractivity contribution is 7.07. The van der Waals surface area contributed by atoms with Crippen LogP contribution in [-0.2, 0) is 18.2 Å². The SMILES string of the molecule is C=CCOC[C@H]1c2nnn(C)c2CCN1C(=O)c1cscn1. The molecule has 1 amide bonds. The first kappa shape index (κ1) is 14.9. The molecule has 0 radical (unpaired) electrons. The van der Waals surface area contributed by atoms with E-state index < -0.39 is 0 Å². The van der Waals surface area contributed by atoms with Crippen LogP contribution in [0.1, 0.15) is 27.9 Å². The number of nitrogens with zero attached hydrogens (tertiary/aromatic N) is 5. The van der Waals surface area contributed by atoms with E-state index in [9.17, 15) is 4.79 Å². The summed E-state index contributed by atoms with van der Waals surface area (Å²) in [5.41, 5.74) is 3.98. The molecule has 3 rings (SSSR count). The third-order valence-corrected chi connectivity index (χ3v) is 4.26. The molecule has 7 nitrogen and oxygen atoms in total. The average molecular weight is 319 g/mol. The molecule has 1 aliphatic rings. The van der Waals surface area contributed by atoms with Crippen LogP contribution in [0.25, 0.3) is 0 Å². The first-order chi connectivity index (χ1) is 10.7. The summed E-state index contributed by atoms with van der Waals surface area (Å²) >= 11 is 1.41. The number of rotatable bonds is 5. The zero-order valence-electron chi connectivity index (χ0n) is 12.3. The van der Waals surface area contributed by atoms with Gasteiger partial charge in [0.25, 0.3) is 5.91 Å². The molecule has 3 heterocycles. The van der Waals surface area contributed by atoms with Crippen molar-refractivity contribution in [1.29, 1.82) is 0 Å². The van der Waals surface area contributed by atoms with Gasteiger partial charge in [-0.05, 0) is 0 Å². The minimum Gasteiger partial charge on any atom is -0.375 e. The average Bonchev–Trinajstić information content (AvgIpc) is 3.17. The predicted molar refractivity (Wildman–Crippen MR) is 81.6 cm³/mol. The topological polar surface area (TPSA) is 73.1 Å². The van der Waals surface area contributed by atoms with E-state index in [1.54, 1.807) is 26.5 Å². The smallest absolute Gasteiger partial charge is 0.273 e. The van der Waals surface area contributed by atoms with E-state index >= 15 is 0 Å². The van der Waals surface area contributed by atoms with E-state index in [1.807, 2.05) is 7.05 Å². The van der Waals surface area contributed by atoms with Gasteiger partial charge in [0.05, 0.1) is 24.4 Å². The first-order valence-electron chi connectivity index (χ1n) is 6.98. The van der Waals surface area contributed by atoms with Crippen LogP contribution in [0.15, 0.2) is 23.5 Å². The van der Waals surface area contributed by atoms with Crippen molar-refractivity contribution in [2.45, 2.75) is 12.5 Å². The van der Waals surface area contributed by atoms with Crippen LogP contribution in [0.4, 0.5) is 0 Å². The molecule has 2 aromatic heterocycles. The third kappa shape index (κ3) is 2.67. The van der Waals surface area contributed by atoms with Crippen LogP contribution in [0, 0.1) is 0 Å². The quantitative estimate of drug-likeness (QED) is 0.612. The van der Waals surface area contributed by atoms with Crippen LogP contribution < -0.4 is 0 Å². The Kier molecular flexibility index (Phi) is 4.30. The molecular formula is C14H17N5O2S. The van der Waals surface area contributed by atoms with Gasteiger partial charge in [0.15, 0.2) is 0 Å². The molecule has 0 fully saturated rings. The van der Waals surface area contributed by atoms with Crippen molar-refractivity contribution in [2.75, 3.05) is 19.8 Å². The van der Waals surface area contributed by atoms with Gasteiger partial charge in [0.2, 0.25) is 0 Å². The molecule has 0 N–H and O–H groups in total. The minimum atomic E-state index is -0.244. The number of ether oxygens (including phenoxy) is 1. The molecule has 1 aliphatic heterocycles. The number of hydrogen-bond acceptors (Lipinski definition) is 6. The summed E-state index contributed by atoms with van der Waals surface area (Å²) in [6, 6.07) is -0.244. The highest BCUT2D eigenvalue weighted by Crippen LogP contribution is 2.29. The van der Waals surface area contributed by atoms with E-state index in [-0.39, 0.29) is 11.9 Å². The Hall–Kier alpha value is -2.06. The van der Waals surface area contributed by atoms with Gasteiger partial charge in [-0.15, -0.1) is 23.0 Å². The van der Waals surface area contributed by atoms with Gasteiger partial charge in [-0.2, -0.15) is 0 Å². The fourth-order valence-electron chi connectivity index (χ4n) is 2.61. The Morgan fingerprint density at radius 1 is 1.64 bits per heavy atom. The van der Waals surface area contributed by atoms with Crippen molar-refractivity contribution in [3.05, 3.63) is 40.6 Å². The Balaban J connectivity index is 1.88. The van der Waals surface area contributed by atoms with Gasteiger partial charge in [0.1, 0.15) is 17.4 Å². The van der Waals surface area contributed by atoms with E-state index in [0.29, 0.717) is 25.5 Å². The molecule has 8 heteroatoms. The van der Waals surface area contributed by atoms with Crippen molar-refractivity contribution < 1.29 is 9.53 Å². The molecule has 0 unspecified atom stereocenters. The second-order valence-corrected chi connectivity index (χ2v) is 5.73. The fraction of sp³-hybridized carbons (Fsp3) is 0.429. The van der Waals surface area contributed by atoms with Gasteiger partial charge in [0, 0.05) is 25.4 Å². The molecule has 0 saturated heterocycles. The second kappa shape index (κ2) is 6.37. The van der Waals surface area contributed by atoms with Crippen LogP contribution >= 0.6 is 11.3 Å². The highest BCUT2D eigenvalue weighted by Gasteiger charge is 2.35. The summed E-state index contributed by atoms with van der Waals surface area (Å²) in [6.45, 7) is 5.05. The summed E-state index contributed by atoms with van der Waals surface area (Å²) in [4.78, 5) is 18.5. The Morgan fingerprint density at radius 3 is 3.23 bits per heavy atom. The summed E-state index contributed by atoms with van der Waals surface area (Å²) in [5, 5.41) is 10.1. The number of thiazole rings is 1. The molecule has 22 heavy (non-hydrogen) atoms. The molecular weight excluding hydrogens is 302 g/mol. The van der Waals surface area contributed by atoms with Gasteiger partial charge in [-0.3, -0.25) is 9.48 Å². The Morgan fingerprint density at radius 2 is 2.50 bits per heavy atom. The minimum absolute atomic E-state index is 0.0928.